The topological polar surface area (TPSA) is 56.8 Å². The van der Waals surface area contributed by atoms with E-state index in [1.807, 2.05) is 10.3 Å². The summed E-state index contributed by atoms with van der Waals surface area (Å²) in [5.41, 5.74) is 0.779. The molecular formula is C16H24N4O2S. The maximum atomic E-state index is 12.4. The first kappa shape index (κ1) is 16.4. The number of piperazine rings is 1. The van der Waals surface area contributed by atoms with Gasteiger partial charge in [-0.2, -0.15) is 0 Å². The van der Waals surface area contributed by atoms with E-state index >= 15 is 0 Å². The van der Waals surface area contributed by atoms with Gasteiger partial charge in [0.2, 0.25) is 11.8 Å². The molecule has 2 amide bonds. The van der Waals surface area contributed by atoms with E-state index in [0.29, 0.717) is 18.9 Å². The SMILES string of the molecule is CC(C)N1CCN(C(=O)Cc2csc(N3CCCC3=O)n2)CC1. The van der Waals surface area contributed by atoms with Crippen molar-refractivity contribution in [3.05, 3.63) is 11.1 Å². The van der Waals surface area contributed by atoms with Crippen LogP contribution in [0, 0.1) is 0 Å². The number of nitrogens with zero attached hydrogens (tertiary/aromatic N) is 4. The minimum Gasteiger partial charge on any atom is -0.340 e. The molecule has 2 fully saturated rings. The highest BCUT2D eigenvalue weighted by Gasteiger charge is 2.26. The normalized spacial score (nSPS) is 19.9. The summed E-state index contributed by atoms with van der Waals surface area (Å²) in [5.74, 6) is 0.278. The molecule has 3 heterocycles. The van der Waals surface area contributed by atoms with Crippen molar-refractivity contribution in [1.82, 2.24) is 14.8 Å². The summed E-state index contributed by atoms with van der Waals surface area (Å²) < 4.78 is 0. The first-order chi connectivity index (χ1) is 11.0. The van der Waals surface area contributed by atoms with Crippen LogP contribution < -0.4 is 4.90 Å². The van der Waals surface area contributed by atoms with Gasteiger partial charge in [0.1, 0.15) is 0 Å². The third kappa shape index (κ3) is 3.72. The molecule has 0 aliphatic carbocycles. The van der Waals surface area contributed by atoms with E-state index in [1.54, 1.807) is 4.90 Å². The lowest BCUT2D eigenvalue weighted by Crippen LogP contribution is -2.51. The fraction of sp³-hybridized carbons (Fsp3) is 0.688. The van der Waals surface area contributed by atoms with Gasteiger partial charge in [-0.1, -0.05) is 0 Å². The number of aromatic nitrogens is 1. The average Bonchev–Trinajstić information content (AvgIpc) is 3.16. The maximum Gasteiger partial charge on any atom is 0.228 e. The van der Waals surface area contributed by atoms with E-state index in [2.05, 4.69) is 23.7 Å². The van der Waals surface area contributed by atoms with Crippen molar-refractivity contribution in [1.29, 1.82) is 0 Å². The van der Waals surface area contributed by atoms with Crippen molar-refractivity contribution in [2.45, 2.75) is 39.2 Å². The van der Waals surface area contributed by atoms with Crippen LogP contribution in [0.5, 0.6) is 0 Å². The fourth-order valence-electron chi connectivity index (χ4n) is 3.11. The highest BCUT2D eigenvalue weighted by molar-refractivity contribution is 7.14. The molecule has 2 aliphatic rings. The Kier molecular flexibility index (Phi) is 4.96. The van der Waals surface area contributed by atoms with Crippen molar-refractivity contribution < 1.29 is 9.59 Å². The summed E-state index contributed by atoms with van der Waals surface area (Å²) in [7, 11) is 0. The van der Waals surface area contributed by atoms with Gasteiger partial charge in [-0.3, -0.25) is 19.4 Å². The molecule has 7 heteroatoms. The lowest BCUT2D eigenvalue weighted by atomic mass is 10.2. The van der Waals surface area contributed by atoms with Gasteiger partial charge in [0, 0.05) is 50.6 Å². The van der Waals surface area contributed by atoms with Gasteiger partial charge >= 0.3 is 0 Å². The van der Waals surface area contributed by atoms with E-state index in [-0.39, 0.29) is 11.8 Å². The van der Waals surface area contributed by atoms with Crippen LogP contribution in [0.4, 0.5) is 5.13 Å². The Bertz CT molecular complexity index is 578. The standard InChI is InChI=1S/C16H24N4O2S/c1-12(2)18-6-8-19(9-7-18)15(22)10-13-11-23-16(17-13)20-5-3-4-14(20)21/h11-12H,3-10H2,1-2H3. The summed E-state index contributed by atoms with van der Waals surface area (Å²) >= 11 is 1.46. The predicted octanol–water partition coefficient (Wildman–Crippen LogP) is 1.36. The molecule has 0 spiro atoms. The Morgan fingerprint density at radius 2 is 2.00 bits per heavy atom. The van der Waals surface area contributed by atoms with E-state index in [4.69, 9.17) is 0 Å². The predicted molar refractivity (Wildman–Crippen MR) is 90.7 cm³/mol. The number of carbonyl (C=O) groups is 2. The molecular weight excluding hydrogens is 312 g/mol. The summed E-state index contributed by atoms with van der Waals surface area (Å²) in [6.07, 6.45) is 1.83. The van der Waals surface area contributed by atoms with Crippen molar-refractivity contribution in [3.63, 3.8) is 0 Å². The Balaban J connectivity index is 1.54. The van der Waals surface area contributed by atoms with Crippen molar-refractivity contribution in [2.75, 3.05) is 37.6 Å². The van der Waals surface area contributed by atoms with Gasteiger partial charge < -0.3 is 4.90 Å². The first-order valence-electron chi connectivity index (χ1n) is 8.31. The summed E-state index contributed by atoms with van der Waals surface area (Å²) in [5, 5.41) is 2.64. The number of amides is 2. The Morgan fingerprint density at radius 3 is 2.61 bits per heavy atom. The van der Waals surface area contributed by atoms with Crippen LogP contribution >= 0.6 is 11.3 Å². The number of hydrogen-bond acceptors (Lipinski definition) is 5. The third-order valence-corrected chi connectivity index (χ3v) is 5.49. The van der Waals surface area contributed by atoms with E-state index in [1.165, 1.54) is 11.3 Å². The molecule has 0 bridgehead atoms. The number of rotatable bonds is 4. The quantitative estimate of drug-likeness (QED) is 0.833. The molecule has 2 aliphatic heterocycles. The van der Waals surface area contributed by atoms with E-state index < -0.39 is 0 Å². The smallest absolute Gasteiger partial charge is 0.228 e. The molecule has 2 saturated heterocycles. The van der Waals surface area contributed by atoms with Gasteiger partial charge in [-0.05, 0) is 20.3 Å². The van der Waals surface area contributed by atoms with Crippen molar-refractivity contribution in [2.24, 2.45) is 0 Å². The minimum absolute atomic E-state index is 0.137. The monoisotopic (exact) mass is 336 g/mol. The number of thiazole rings is 1. The zero-order valence-corrected chi connectivity index (χ0v) is 14.6. The van der Waals surface area contributed by atoms with Gasteiger partial charge in [0.15, 0.2) is 5.13 Å². The zero-order valence-electron chi connectivity index (χ0n) is 13.8. The summed E-state index contributed by atoms with van der Waals surface area (Å²) in [4.78, 5) is 34.7. The second kappa shape index (κ2) is 6.97. The number of anilines is 1. The Morgan fingerprint density at radius 1 is 1.26 bits per heavy atom. The molecule has 0 atom stereocenters. The third-order valence-electron chi connectivity index (χ3n) is 4.57. The zero-order chi connectivity index (χ0) is 16.4. The molecule has 1 aromatic rings. The highest BCUT2D eigenvalue weighted by atomic mass is 32.1. The molecule has 0 saturated carbocycles. The second-order valence-electron chi connectivity index (χ2n) is 6.46. The molecule has 0 radical (unpaired) electrons. The van der Waals surface area contributed by atoms with E-state index in [0.717, 1.165) is 50.0 Å². The molecule has 0 unspecified atom stereocenters. The molecule has 0 N–H and O–H groups in total. The highest BCUT2D eigenvalue weighted by Crippen LogP contribution is 2.25. The van der Waals surface area contributed by atoms with Gasteiger partial charge in [-0.15, -0.1) is 11.3 Å². The lowest BCUT2D eigenvalue weighted by Gasteiger charge is -2.36. The van der Waals surface area contributed by atoms with Gasteiger partial charge in [-0.25, -0.2) is 4.98 Å². The molecule has 23 heavy (non-hydrogen) atoms. The summed E-state index contributed by atoms with van der Waals surface area (Å²) in [6.45, 7) is 8.58. The van der Waals surface area contributed by atoms with Crippen LogP contribution in [0.25, 0.3) is 0 Å². The van der Waals surface area contributed by atoms with Gasteiger partial charge in [0.05, 0.1) is 12.1 Å². The number of hydrogen-bond donors (Lipinski definition) is 0. The minimum atomic E-state index is 0.137. The summed E-state index contributed by atoms with van der Waals surface area (Å²) in [6, 6.07) is 0.534. The van der Waals surface area contributed by atoms with Crippen molar-refractivity contribution >= 4 is 28.3 Å². The first-order valence-corrected chi connectivity index (χ1v) is 9.19. The van der Waals surface area contributed by atoms with Crippen LogP contribution in [0.3, 0.4) is 0 Å². The maximum absolute atomic E-state index is 12.4. The van der Waals surface area contributed by atoms with Gasteiger partial charge in [0.25, 0.3) is 0 Å². The molecule has 3 rings (SSSR count). The Labute approximate surface area is 141 Å². The van der Waals surface area contributed by atoms with Crippen LogP contribution in [-0.2, 0) is 16.0 Å². The molecule has 6 nitrogen and oxygen atoms in total. The van der Waals surface area contributed by atoms with Crippen LogP contribution in [0.1, 0.15) is 32.4 Å². The fourth-order valence-corrected chi connectivity index (χ4v) is 3.97. The number of carbonyl (C=O) groups excluding carboxylic acids is 2. The van der Waals surface area contributed by atoms with Crippen LogP contribution in [-0.4, -0.2) is 65.4 Å². The molecule has 0 aromatic carbocycles. The molecule has 1 aromatic heterocycles. The lowest BCUT2D eigenvalue weighted by molar-refractivity contribution is -0.132. The van der Waals surface area contributed by atoms with Crippen molar-refractivity contribution in [3.8, 4) is 0 Å². The Hall–Kier alpha value is -1.47. The van der Waals surface area contributed by atoms with Crippen LogP contribution in [0.2, 0.25) is 0 Å². The second-order valence-corrected chi connectivity index (χ2v) is 7.29. The molecule has 126 valence electrons. The average molecular weight is 336 g/mol. The van der Waals surface area contributed by atoms with E-state index in [9.17, 15) is 9.59 Å². The van der Waals surface area contributed by atoms with Crippen LogP contribution in [0.15, 0.2) is 5.38 Å². The largest absolute Gasteiger partial charge is 0.340 e.